The van der Waals surface area contributed by atoms with E-state index in [2.05, 4.69) is 0 Å². The standard InChI is InChI=1S/C11H17ClN2O2S/c1-13(2)17(15,16)14(9-8-12)10-11-6-4-3-5-7-11/h3-7H,8-10H2,1-2H3. The summed E-state index contributed by atoms with van der Waals surface area (Å²) in [6, 6.07) is 9.46. The summed E-state index contributed by atoms with van der Waals surface area (Å²) in [5.41, 5.74) is 0.947. The lowest BCUT2D eigenvalue weighted by Gasteiger charge is -2.24. The van der Waals surface area contributed by atoms with Crippen LogP contribution in [0.2, 0.25) is 0 Å². The predicted octanol–water partition coefficient (Wildman–Crippen LogP) is 1.53. The van der Waals surface area contributed by atoms with Gasteiger partial charge in [0.05, 0.1) is 0 Å². The molecule has 0 unspecified atom stereocenters. The van der Waals surface area contributed by atoms with Gasteiger partial charge in [0.15, 0.2) is 0 Å². The summed E-state index contributed by atoms with van der Waals surface area (Å²) in [5.74, 6) is 0.278. The number of hydrogen-bond donors (Lipinski definition) is 0. The van der Waals surface area contributed by atoms with Gasteiger partial charge in [-0.3, -0.25) is 0 Å². The van der Waals surface area contributed by atoms with Gasteiger partial charge in [-0.2, -0.15) is 17.0 Å². The van der Waals surface area contributed by atoms with Gasteiger partial charge in [-0.25, -0.2) is 0 Å². The van der Waals surface area contributed by atoms with Gasteiger partial charge in [-0.1, -0.05) is 30.3 Å². The van der Waals surface area contributed by atoms with E-state index in [1.807, 2.05) is 30.3 Å². The van der Waals surface area contributed by atoms with Crippen LogP contribution in [0.25, 0.3) is 0 Å². The first-order valence-electron chi connectivity index (χ1n) is 5.26. The van der Waals surface area contributed by atoms with Gasteiger partial charge in [-0.15, -0.1) is 11.6 Å². The third-order valence-corrected chi connectivity index (χ3v) is 4.38. The van der Waals surface area contributed by atoms with Gasteiger partial charge in [0.1, 0.15) is 0 Å². The zero-order valence-electron chi connectivity index (χ0n) is 10.0. The summed E-state index contributed by atoms with van der Waals surface area (Å²) < 4.78 is 26.6. The SMILES string of the molecule is CN(C)S(=O)(=O)N(CCCl)Cc1ccccc1. The van der Waals surface area contributed by atoms with Gasteiger partial charge in [-0.05, 0) is 5.56 Å². The molecule has 0 heterocycles. The molecule has 0 aliphatic carbocycles. The first-order valence-corrected chi connectivity index (χ1v) is 7.19. The third-order valence-electron chi connectivity index (χ3n) is 2.32. The highest BCUT2D eigenvalue weighted by Gasteiger charge is 2.23. The first-order chi connectivity index (χ1) is 7.98. The second kappa shape index (κ2) is 6.35. The molecule has 0 radical (unpaired) electrons. The highest BCUT2D eigenvalue weighted by atomic mass is 35.5. The minimum atomic E-state index is -3.42. The predicted molar refractivity (Wildman–Crippen MR) is 70.2 cm³/mol. The topological polar surface area (TPSA) is 40.6 Å². The number of benzene rings is 1. The zero-order chi connectivity index (χ0) is 12.9. The lowest BCUT2D eigenvalue weighted by atomic mass is 10.2. The van der Waals surface area contributed by atoms with Gasteiger partial charge in [0.2, 0.25) is 0 Å². The maximum Gasteiger partial charge on any atom is 0.281 e. The van der Waals surface area contributed by atoms with Crippen molar-refractivity contribution in [2.24, 2.45) is 0 Å². The molecule has 0 N–H and O–H groups in total. The van der Waals surface area contributed by atoms with Crippen LogP contribution < -0.4 is 0 Å². The molecule has 0 atom stereocenters. The molecule has 0 aliphatic heterocycles. The fourth-order valence-electron chi connectivity index (χ4n) is 1.39. The highest BCUT2D eigenvalue weighted by molar-refractivity contribution is 7.86. The van der Waals surface area contributed by atoms with Crippen LogP contribution in [-0.2, 0) is 16.8 Å². The van der Waals surface area contributed by atoms with Crippen LogP contribution >= 0.6 is 11.6 Å². The van der Waals surface area contributed by atoms with Crippen molar-refractivity contribution >= 4 is 21.8 Å². The third kappa shape index (κ3) is 3.96. The molecule has 1 aromatic rings. The van der Waals surface area contributed by atoms with Crippen LogP contribution in [0.15, 0.2) is 30.3 Å². The Balaban J connectivity index is 2.88. The Hall–Kier alpha value is -0.620. The minimum Gasteiger partial charge on any atom is -0.195 e. The van der Waals surface area contributed by atoms with Crippen LogP contribution in [0.1, 0.15) is 5.56 Å². The minimum absolute atomic E-state index is 0.278. The molecule has 0 aromatic heterocycles. The molecule has 96 valence electrons. The largest absolute Gasteiger partial charge is 0.281 e. The highest BCUT2D eigenvalue weighted by Crippen LogP contribution is 2.11. The van der Waals surface area contributed by atoms with Crippen molar-refractivity contribution in [3.05, 3.63) is 35.9 Å². The fraction of sp³-hybridized carbons (Fsp3) is 0.455. The summed E-state index contributed by atoms with van der Waals surface area (Å²) in [5, 5.41) is 0. The lowest BCUT2D eigenvalue weighted by Crippen LogP contribution is -2.40. The number of hydrogen-bond acceptors (Lipinski definition) is 2. The summed E-state index contributed by atoms with van der Waals surface area (Å²) >= 11 is 5.65. The molecule has 0 amide bonds. The molecule has 0 spiro atoms. The van der Waals surface area contributed by atoms with E-state index in [9.17, 15) is 8.42 Å². The Labute approximate surface area is 108 Å². The quantitative estimate of drug-likeness (QED) is 0.740. The second-order valence-corrected chi connectivity index (χ2v) is 6.32. The number of rotatable bonds is 6. The smallest absolute Gasteiger partial charge is 0.195 e. The van der Waals surface area contributed by atoms with E-state index in [1.54, 1.807) is 0 Å². The Morgan fingerprint density at radius 3 is 2.24 bits per heavy atom. The molecule has 0 saturated carbocycles. The molecule has 1 aromatic carbocycles. The average Bonchev–Trinajstić information content (AvgIpc) is 2.29. The van der Waals surface area contributed by atoms with E-state index in [4.69, 9.17) is 11.6 Å². The fourth-order valence-corrected chi connectivity index (χ4v) is 2.79. The molecule has 0 aliphatic rings. The number of halogens is 1. The van der Waals surface area contributed by atoms with E-state index in [0.29, 0.717) is 13.1 Å². The molecule has 0 saturated heterocycles. The van der Waals surface area contributed by atoms with Gasteiger partial charge in [0, 0.05) is 33.1 Å². The summed E-state index contributed by atoms with van der Waals surface area (Å²) in [6.45, 7) is 0.644. The maximum atomic E-state index is 12.0. The summed E-state index contributed by atoms with van der Waals surface area (Å²) in [7, 11) is -0.386. The molecular weight excluding hydrogens is 260 g/mol. The normalized spacial score (nSPS) is 12.3. The average molecular weight is 277 g/mol. The number of alkyl halides is 1. The Morgan fingerprint density at radius 1 is 1.18 bits per heavy atom. The van der Waals surface area contributed by atoms with E-state index in [1.165, 1.54) is 22.7 Å². The number of nitrogens with zero attached hydrogens (tertiary/aromatic N) is 2. The van der Waals surface area contributed by atoms with Crippen LogP contribution in [0.5, 0.6) is 0 Å². The van der Waals surface area contributed by atoms with E-state index in [-0.39, 0.29) is 5.88 Å². The monoisotopic (exact) mass is 276 g/mol. The van der Waals surface area contributed by atoms with Crippen LogP contribution in [-0.4, -0.2) is 43.5 Å². The van der Waals surface area contributed by atoms with E-state index >= 15 is 0 Å². The van der Waals surface area contributed by atoms with Crippen LogP contribution in [0.4, 0.5) is 0 Å². The summed E-state index contributed by atoms with van der Waals surface area (Å²) in [4.78, 5) is 0. The maximum absolute atomic E-state index is 12.0. The van der Waals surface area contributed by atoms with Crippen LogP contribution in [0.3, 0.4) is 0 Å². The Kier molecular flexibility index (Phi) is 5.39. The van der Waals surface area contributed by atoms with E-state index in [0.717, 1.165) is 5.56 Å². The second-order valence-electron chi connectivity index (χ2n) is 3.80. The van der Waals surface area contributed by atoms with Crippen LogP contribution in [0, 0.1) is 0 Å². The first kappa shape index (κ1) is 14.4. The van der Waals surface area contributed by atoms with Crippen molar-refractivity contribution in [3.8, 4) is 0 Å². The Bertz CT molecular complexity index is 434. The molecule has 4 nitrogen and oxygen atoms in total. The molecule has 6 heteroatoms. The molecule has 17 heavy (non-hydrogen) atoms. The summed E-state index contributed by atoms with van der Waals surface area (Å²) in [6.07, 6.45) is 0. The van der Waals surface area contributed by atoms with Crippen molar-refractivity contribution in [2.45, 2.75) is 6.54 Å². The molecule has 1 rings (SSSR count). The lowest BCUT2D eigenvalue weighted by molar-refractivity contribution is 0.384. The van der Waals surface area contributed by atoms with E-state index < -0.39 is 10.2 Å². The molecule has 0 bridgehead atoms. The van der Waals surface area contributed by atoms with Crippen molar-refractivity contribution in [2.75, 3.05) is 26.5 Å². The van der Waals surface area contributed by atoms with Gasteiger partial charge in [0.25, 0.3) is 10.2 Å². The zero-order valence-corrected chi connectivity index (χ0v) is 11.6. The van der Waals surface area contributed by atoms with Gasteiger partial charge >= 0.3 is 0 Å². The van der Waals surface area contributed by atoms with Crippen molar-refractivity contribution in [1.29, 1.82) is 0 Å². The molecule has 0 fully saturated rings. The Morgan fingerprint density at radius 2 is 1.76 bits per heavy atom. The van der Waals surface area contributed by atoms with Gasteiger partial charge < -0.3 is 0 Å². The van der Waals surface area contributed by atoms with Crippen molar-refractivity contribution in [3.63, 3.8) is 0 Å². The van der Waals surface area contributed by atoms with Crippen molar-refractivity contribution in [1.82, 2.24) is 8.61 Å². The van der Waals surface area contributed by atoms with Crippen molar-refractivity contribution < 1.29 is 8.42 Å². The molecular formula is C11H17ClN2O2S.